The largest absolute Gasteiger partial charge is 0.489 e. The van der Waals surface area contributed by atoms with Gasteiger partial charge in [0.15, 0.2) is 0 Å². The van der Waals surface area contributed by atoms with Gasteiger partial charge < -0.3 is 4.74 Å². The van der Waals surface area contributed by atoms with E-state index in [0.717, 1.165) is 5.56 Å². The average molecular weight is 353 g/mol. The second-order valence-corrected chi connectivity index (χ2v) is 6.17. The first-order valence-corrected chi connectivity index (χ1v) is 8.53. The van der Waals surface area contributed by atoms with Crippen molar-refractivity contribution >= 4 is 29.6 Å². The second-order valence-electron chi connectivity index (χ2n) is 4.99. The number of ether oxygens (including phenoxy) is 1. The van der Waals surface area contributed by atoms with Gasteiger partial charge >= 0.3 is 0 Å². The summed E-state index contributed by atoms with van der Waals surface area (Å²) < 4.78 is 6.80. The van der Waals surface area contributed by atoms with Gasteiger partial charge in [0.2, 0.25) is 5.16 Å². The number of thioether (sulfide) groups is 1. The van der Waals surface area contributed by atoms with Crippen LogP contribution < -0.4 is 10.3 Å². The molecule has 0 unspecified atom stereocenters. The summed E-state index contributed by atoms with van der Waals surface area (Å²) in [4.78, 5) is 12.1. The molecule has 2 rings (SSSR count). The number of hydrogen-bond acceptors (Lipinski definition) is 6. The highest BCUT2D eigenvalue weighted by Crippen LogP contribution is 2.25. The van der Waals surface area contributed by atoms with Crippen molar-refractivity contribution in [3.05, 3.63) is 44.8 Å². The first-order valence-electron chi connectivity index (χ1n) is 6.93. The maximum Gasteiger partial charge on any atom is 0.296 e. The van der Waals surface area contributed by atoms with Crippen molar-refractivity contribution in [2.75, 3.05) is 6.26 Å². The molecule has 0 aliphatic carbocycles. The summed E-state index contributed by atoms with van der Waals surface area (Å²) in [5, 5.41) is 12.9. The van der Waals surface area contributed by atoms with Crippen molar-refractivity contribution in [2.24, 2.45) is 5.10 Å². The molecule has 0 atom stereocenters. The van der Waals surface area contributed by atoms with Crippen LogP contribution in [-0.4, -0.2) is 33.4 Å². The summed E-state index contributed by atoms with van der Waals surface area (Å²) in [5.41, 5.74) is 0.740. The van der Waals surface area contributed by atoms with E-state index in [1.165, 1.54) is 16.4 Å². The minimum atomic E-state index is -0.300. The Bertz CT molecular complexity index is 790. The van der Waals surface area contributed by atoms with Crippen molar-refractivity contribution in [3.63, 3.8) is 0 Å². The van der Waals surface area contributed by atoms with Crippen LogP contribution in [0.4, 0.5) is 0 Å². The molecule has 122 valence electrons. The van der Waals surface area contributed by atoms with E-state index in [9.17, 15) is 4.79 Å². The highest BCUT2D eigenvalue weighted by atomic mass is 35.5. The van der Waals surface area contributed by atoms with Crippen molar-refractivity contribution in [1.29, 1.82) is 0 Å². The van der Waals surface area contributed by atoms with Crippen molar-refractivity contribution < 1.29 is 4.74 Å². The number of aryl methyl sites for hydroxylation is 1. The Labute approximate surface area is 143 Å². The van der Waals surface area contributed by atoms with Gasteiger partial charge in [-0.25, -0.2) is 0 Å². The van der Waals surface area contributed by atoms with Gasteiger partial charge in [0.25, 0.3) is 5.56 Å². The summed E-state index contributed by atoms with van der Waals surface area (Å²) in [5.74, 6) is 0.613. The lowest BCUT2D eigenvalue weighted by Gasteiger charge is -2.11. The molecule has 8 heteroatoms. The molecular weight excluding hydrogens is 336 g/mol. The Morgan fingerprint density at radius 2 is 2.13 bits per heavy atom. The van der Waals surface area contributed by atoms with Crippen LogP contribution in [0.25, 0.3) is 0 Å². The van der Waals surface area contributed by atoms with E-state index in [-0.39, 0.29) is 11.7 Å². The second kappa shape index (κ2) is 7.61. The van der Waals surface area contributed by atoms with Crippen LogP contribution in [0.2, 0.25) is 5.02 Å². The molecule has 0 bridgehead atoms. The molecule has 0 radical (unpaired) electrons. The number of nitrogens with zero attached hydrogens (tertiary/aromatic N) is 4. The third kappa shape index (κ3) is 4.33. The maximum atomic E-state index is 12.1. The van der Waals surface area contributed by atoms with Crippen LogP contribution in [-0.2, 0) is 0 Å². The van der Waals surface area contributed by atoms with Crippen molar-refractivity contribution in [3.8, 4) is 5.75 Å². The predicted molar refractivity (Wildman–Crippen MR) is 93.0 cm³/mol. The highest BCUT2D eigenvalue weighted by molar-refractivity contribution is 7.98. The van der Waals surface area contributed by atoms with Crippen LogP contribution in [0.3, 0.4) is 0 Å². The van der Waals surface area contributed by atoms with Crippen LogP contribution >= 0.6 is 23.4 Å². The Hall–Kier alpha value is -1.86. The lowest BCUT2D eigenvalue weighted by atomic mass is 10.2. The molecule has 0 spiro atoms. The van der Waals surface area contributed by atoms with E-state index < -0.39 is 0 Å². The molecule has 0 aliphatic rings. The van der Waals surface area contributed by atoms with Crippen LogP contribution in [0.1, 0.15) is 25.1 Å². The first-order chi connectivity index (χ1) is 10.9. The first kappa shape index (κ1) is 17.5. The van der Waals surface area contributed by atoms with Crippen molar-refractivity contribution in [2.45, 2.75) is 32.0 Å². The molecule has 0 saturated carbocycles. The molecule has 0 amide bonds. The fraction of sp³-hybridized carbons (Fsp3) is 0.333. The molecule has 6 nitrogen and oxygen atoms in total. The molecule has 0 N–H and O–H groups in total. The molecule has 23 heavy (non-hydrogen) atoms. The van der Waals surface area contributed by atoms with Gasteiger partial charge in [0.1, 0.15) is 11.4 Å². The Kier molecular flexibility index (Phi) is 5.79. The normalized spacial score (nSPS) is 11.4. The van der Waals surface area contributed by atoms with E-state index in [0.29, 0.717) is 21.6 Å². The summed E-state index contributed by atoms with van der Waals surface area (Å²) >= 11 is 7.48. The molecule has 1 heterocycles. The van der Waals surface area contributed by atoms with E-state index in [1.807, 2.05) is 19.9 Å². The van der Waals surface area contributed by atoms with Gasteiger partial charge in [-0.1, -0.05) is 23.4 Å². The molecule has 0 aliphatic heterocycles. The molecule has 1 aromatic heterocycles. The Morgan fingerprint density at radius 3 is 2.74 bits per heavy atom. The van der Waals surface area contributed by atoms with E-state index in [4.69, 9.17) is 16.3 Å². The lowest BCUT2D eigenvalue weighted by molar-refractivity contribution is 0.242. The topological polar surface area (TPSA) is 69.4 Å². The quantitative estimate of drug-likeness (QED) is 0.611. The molecule has 0 saturated heterocycles. The summed E-state index contributed by atoms with van der Waals surface area (Å²) in [6.07, 6.45) is 3.40. The molecule has 2 aromatic rings. The van der Waals surface area contributed by atoms with E-state index in [2.05, 4.69) is 15.3 Å². The van der Waals surface area contributed by atoms with E-state index in [1.54, 1.807) is 31.5 Å². The van der Waals surface area contributed by atoms with Crippen LogP contribution in [0, 0.1) is 6.92 Å². The zero-order chi connectivity index (χ0) is 17.0. The van der Waals surface area contributed by atoms with Crippen LogP contribution in [0.15, 0.2) is 33.3 Å². The van der Waals surface area contributed by atoms with Gasteiger partial charge in [-0.2, -0.15) is 9.78 Å². The average Bonchev–Trinajstić information content (AvgIpc) is 2.51. The monoisotopic (exact) mass is 352 g/mol. The van der Waals surface area contributed by atoms with Gasteiger partial charge in [-0.05, 0) is 50.8 Å². The Morgan fingerprint density at radius 1 is 1.39 bits per heavy atom. The van der Waals surface area contributed by atoms with Gasteiger partial charge in [-0.15, -0.1) is 10.2 Å². The highest BCUT2D eigenvalue weighted by Gasteiger charge is 2.08. The van der Waals surface area contributed by atoms with Crippen LogP contribution in [0.5, 0.6) is 5.75 Å². The lowest BCUT2D eigenvalue weighted by Crippen LogP contribution is -2.23. The SMILES string of the molecule is CSc1nnc(C)c(=O)n1/N=C\c1ccc(OC(C)C)c(Cl)c1. The number of rotatable bonds is 5. The van der Waals surface area contributed by atoms with E-state index >= 15 is 0 Å². The smallest absolute Gasteiger partial charge is 0.296 e. The number of hydrogen-bond donors (Lipinski definition) is 0. The number of halogens is 1. The van der Waals surface area contributed by atoms with Gasteiger partial charge in [-0.3, -0.25) is 4.79 Å². The number of benzene rings is 1. The maximum absolute atomic E-state index is 12.1. The minimum absolute atomic E-state index is 0.0422. The third-order valence-corrected chi connectivity index (χ3v) is 3.71. The fourth-order valence-electron chi connectivity index (χ4n) is 1.74. The Balaban J connectivity index is 2.33. The zero-order valence-corrected chi connectivity index (χ0v) is 14.9. The molecular formula is C15H17ClN4O2S. The van der Waals surface area contributed by atoms with Gasteiger partial charge in [0, 0.05) is 0 Å². The summed E-state index contributed by atoms with van der Waals surface area (Å²) in [6, 6.07) is 5.32. The fourth-order valence-corrected chi connectivity index (χ4v) is 2.40. The molecule has 0 fully saturated rings. The predicted octanol–water partition coefficient (Wildman–Crippen LogP) is 2.99. The zero-order valence-electron chi connectivity index (χ0n) is 13.3. The standard InChI is InChI=1S/C15H17ClN4O2S/c1-9(2)22-13-6-5-11(7-12(13)16)8-17-20-14(21)10(3)18-19-15(20)23-4/h5-9H,1-4H3/b17-8-. The number of aromatic nitrogens is 3. The van der Waals surface area contributed by atoms with Gasteiger partial charge in [0.05, 0.1) is 17.3 Å². The summed E-state index contributed by atoms with van der Waals surface area (Å²) in [7, 11) is 0. The minimum Gasteiger partial charge on any atom is -0.489 e. The third-order valence-electron chi connectivity index (χ3n) is 2.79. The molecule has 1 aromatic carbocycles. The van der Waals surface area contributed by atoms with Crippen molar-refractivity contribution in [1.82, 2.24) is 14.9 Å². The summed E-state index contributed by atoms with van der Waals surface area (Å²) in [6.45, 7) is 5.46.